The summed E-state index contributed by atoms with van der Waals surface area (Å²) in [5.74, 6) is -0.0984. The fraction of sp³-hybridized carbons (Fsp3) is 0.130. The number of fused-ring (bicyclic) bond motifs is 6. The van der Waals surface area contributed by atoms with Gasteiger partial charge in [-0.2, -0.15) is 10.1 Å². The van der Waals surface area contributed by atoms with Crippen LogP contribution in [0.4, 0.5) is 11.6 Å². The fourth-order valence-electron chi connectivity index (χ4n) is 3.74. The van der Waals surface area contributed by atoms with Crippen molar-refractivity contribution >= 4 is 27.6 Å². The molecule has 0 atom stereocenters. The van der Waals surface area contributed by atoms with Gasteiger partial charge in [0.25, 0.3) is 15.9 Å². The third-order valence-electron chi connectivity index (χ3n) is 5.41. The second kappa shape index (κ2) is 7.96. The van der Waals surface area contributed by atoms with Crippen molar-refractivity contribution in [3.8, 4) is 22.9 Å². The molecule has 1 aliphatic rings. The highest BCUT2D eigenvalue weighted by Crippen LogP contribution is 2.31. The zero-order chi connectivity index (χ0) is 24.0. The van der Waals surface area contributed by atoms with Gasteiger partial charge in [0, 0.05) is 35.6 Å². The number of rotatable bonds is 1. The highest BCUT2D eigenvalue weighted by atomic mass is 32.2. The number of aryl methyl sites for hydroxylation is 2. The lowest BCUT2D eigenvalue weighted by Gasteiger charge is -2.14. The van der Waals surface area contributed by atoms with E-state index in [1.165, 1.54) is 12.1 Å². The molecule has 5 rings (SSSR count). The van der Waals surface area contributed by atoms with Crippen molar-refractivity contribution in [1.29, 1.82) is 0 Å². The maximum atomic E-state index is 13.1. The number of anilines is 2. The molecule has 1 aliphatic heterocycles. The van der Waals surface area contributed by atoms with E-state index >= 15 is 0 Å². The third kappa shape index (κ3) is 3.97. The van der Waals surface area contributed by atoms with Gasteiger partial charge in [0.1, 0.15) is 5.75 Å². The van der Waals surface area contributed by atoms with Gasteiger partial charge in [0.15, 0.2) is 0 Å². The summed E-state index contributed by atoms with van der Waals surface area (Å²) in [4.78, 5) is 21.4. The van der Waals surface area contributed by atoms with Crippen molar-refractivity contribution in [1.82, 2.24) is 19.7 Å². The third-order valence-corrected chi connectivity index (χ3v) is 6.74. The molecule has 34 heavy (non-hydrogen) atoms. The van der Waals surface area contributed by atoms with Crippen LogP contribution in [0.1, 0.15) is 21.7 Å². The lowest BCUT2D eigenvalue weighted by atomic mass is 10.1. The van der Waals surface area contributed by atoms with Crippen LogP contribution in [0.2, 0.25) is 0 Å². The van der Waals surface area contributed by atoms with Gasteiger partial charge in [-0.15, -0.1) is 0 Å². The van der Waals surface area contributed by atoms with E-state index in [0.717, 1.165) is 17.0 Å². The Kier molecular flexibility index (Phi) is 5.05. The molecular formula is C23H20N6O4S. The number of ether oxygens (including phenoxy) is 1. The lowest BCUT2D eigenvalue weighted by molar-refractivity contribution is 0.102. The number of nitrogens with one attached hydrogen (secondary N) is 2. The number of aromatic nitrogens is 4. The van der Waals surface area contributed by atoms with Gasteiger partial charge in [-0.1, -0.05) is 12.1 Å². The van der Waals surface area contributed by atoms with Crippen LogP contribution in [0.5, 0.6) is 11.6 Å². The number of carbonyl (C=O) groups excluding carboxylic acids is 1. The van der Waals surface area contributed by atoms with Crippen molar-refractivity contribution < 1.29 is 17.9 Å². The molecule has 0 saturated heterocycles. The van der Waals surface area contributed by atoms with Crippen LogP contribution < -0.4 is 14.8 Å². The molecule has 3 heterocycles. The van der Waals surface area contributed by atoms with E-state index in [2.05, 4.69) is 25.1 Å². The summed E-state index contributed by atoms with van der Waals surface area (Å²) in [7, 11) is -2.25. The highest BCUT2D eigenvalue weighted by Gasteiger charge is 2.21. The first-order valence-electron chi connectivity index (χ1n) is 10.3. The van der Waals surface area contributed by atoms with Crippen molar-refractivity contribution in [3.63, 3.8) is 0 Å². The summed E-state index contributed by atoms with van der Waals surface area (Å²) in [5, 5.41) is 7.13. The topological polar surface area (TPSA) is 128 Å². The number of carbonyl (C=O) groups is 1. The second-order valence-corrected chi connectivity index (χ2v) is 9.48. The molecule has 10 nitrogen and oxygen atoms in total. The van der Waals surface area contributed by atoms with Crippen molar-refractivity contribution in [3.05, 3.63) is 71.5 Å². The molecule has 2 aromatic heterocycles. The monoisotopic (exact) mass is 476 g/mol. The van der Waals surface area contributed by atoms with E-state index in [4.69, 9.17) is 4.74 Å². The van der Waals surface area contributed by atoms with Crippen LogP contribution in [0.15, 0.2) is 59.5 Å². The maximum Gasteiger partial charge on any atom is 0.264 e. The smallest absolute Gasteiger partial charge is 0.264 e. The fourth-order valence-corrected chi connectivity index (χ4v) is 4.73. The Morgan fingerprint density at radius 2 is 1.79 bits per heavy atom. The van der Waals surface area contributed by atoms with E-state index in [1.54, 1.807) is 47.1 Å². The van der Waals surface area contributed by atoms with Crippen LogP contribution in [0.3, 0.4) is 0 Å². The van der Waals surface area contributed by atoms with E-state index in [1.807, 2.05) is 20.9 Å². The van der Waals surface area contributed by atoms with E-state index in [9.17, 15) is 13.2 Å². The number of amides is 1. The van der Waals surface area contributed by atoms with E-state index < -0.39 is 15.9 Å². The predicted octanol–water partition coefficient (Wildman–Crippen LogP) is 3.65. The number of nitrogens with zero attached hydrogens (tertiary/aromatic N) is 4. The molecule has 6 bridgehead atoms. The molecular weight excluding hydrogens is 456 g/mol. The van der Waals surface area contributed by atoms with Crippen LogP contribution in [-0.4, -0.2) is 34.1 Å². The predicted molar refractivity (Wildman–Crippen MR) is 125 cm³/mol. The van der Waals surface area contributed by atoms with Gasteiger partial charge < -0.3 is 10.1 Å². The number of sulfonamides is 1. The van der Waals surface area contributed by atoms with Crippen LogP contribution in [0, 0.1) is 13.8 Å². The van der Waals surface area contributed by atoms with Crippen molar-refractivity contribution in [2.75, 3.05) is 10.0 Å². The minimum Gasteiger partial charge on any atom is -0.439 e. The quantitative estimate of drug-likeness (QED) is 0.429. The van der Waals surface area contributed by atoms with E-state index in [-0.39, 0.29) is 16.7 Å². The SMILES string of the molecule is Cc1nn(C)c(C)c1-c1cc2nc(n1)NS(=O)(=O)c1cccc(c1)NC(=O)c1cccc(c1)O2. The molecule has 0 radical (unpaired) electrons. The summed E-state index contributed by atoms with van der Waals surface area (Å²) in [5.41, 5.74) is 3.42. The average molecular weight is 477 g/mol. The molecule has 2 N–H and O–H groups in total. The molecule has 0 aliphatic carbocycles. The Bertz CT molecular complexity index is 1560. The molecule has 0 unspecified atom stereocenters. The van der Waals surface area contributed by atoms with Crippen molar-refractivity contribution in [2.45, 2.75) is 18.7 Å². The summed E-state index contributed by atoms with van der Waals surface area (Å²) in [6.07, 6.45) is 0. The van der Waals surface area contributed by atoms with Crippen LogP contribution >= 0.6 is 0 Å². The number of hydrogen-bond donors (Lipinski definition) is 2. The summed E-state index contributed by atoms with van der Waals surface area (Å²) in [6.45, 7) is 3.73. The first-order valence-corrected chi connectivity index (χ1v) is 11.8. The summed E-state index contributed by atoms with van der Waals surface area (Å²) < 4.78 is 36.3. The Hall–Kier alpha value is -4.25. The first kappa shape index (κ1) is 21.6. The first-order chi connectivity index (χ1) is 16.2. The molecule has 11 heteroatoms. The molecule has 2 aromatic carbocycles. The highest BCUT2D eigenvalue weighted by molar-refractivity contribution is 7.92. The molecule has 4 aromatic rings. The van der Waals surface area contributed by atoms with Gasteiger partial charge in [0.05, 0.1) is 16.3 Å². The Morgan fingerprint density at radius 1 is 1.00 bits per heavy atom. The number of benzene rings is 2. The normalized spacial score (nSPS) is 14.4. The van der Waals surface area contributed by atoms with Gasteiger partial charge in [-0.05, 0) is 50.2 Å². The van der Waals surface area contributed by atoms with Gasteiger partial charge in [-0.3, -0.25) is 9.48 Å². The Balaban J connectivity index is 1.72. The average Bonchev–Trinajstić information content (AvgIpc) is 3.04. The molecule has 0 spiro atoms. The Morgan fingerprint density at radius 3 is 2.56 bits per heavy atom. The lowest BCUT2D eigenvalue weighted by Crippen LogP contribution is -2.17. The molecule has 0 fully saturated rings. The Labute approximate surface area is 195 Å². The summed E-state index contributed by atoms with van der Waals surface area (Å²) in [6, 6.07) is 14.1. The number of hydrogen-bond acceptors (Lipinski definition) is 7. The molecule has 1 amide bonds. The van der Waals surface area contributed by atoms with Crippen LogP contribution in [-0.2, 0) is 17.1 Å². The minimum atomic E-state index is -4.06. The van der Waals surface area contributed by atoms with Crippen molar-refractivity contribution in [2.24, 2.45) is 7.05 Å². The van der Waals surface area contributed by atoms with Gasteiger partial charge in [-0.25, -0.2) is 18.1 Å². The van der Waals surface area contributed by atoms with Crippen LogP contribution in [0.25, 0.3) is 11.3 Å². The minimum absolute atomic E-state index is 0.0543. The zero-order valence-corrected chi connectivity index (χ0v) is 19.3. The second-order valence-electron chi connectivity index (χ2n) is 7.80. The van der Waals surface area contributed by atoms with E-state index in [0.29, 0.717) is 22.7 Å². The standard InChI is InChI=1S/C23H20N6O4S/c1-13-21(14(2)29(3)27-13)19-12-20-26-23(25-19)28-34(31,32)18-9-5-7-16(11-18)24-22(30)15-6-4-8-17(10-15)33-20/h4-12H,1-3H3,(H,24,30)(H,25,26,28). The maximum absolute atomic E-state index is 13.1. The van der Waals surface area contributed by atoms with Gasteiger partial charge >= 0.3 is 0 Å². The molecule has 172 valence electrons. The molecule has 0 saturated carbocycles. The summed E-state index contributed by atoms with van der Waals surface area (Å²) >= 11 is 0. The largest absolute Gasteiger partial charge is 0.439 e. The van der Waals surface area contributed by atoms with Gasteiger partial charge in [0.2, 0.25) is 11.8 Å². The zero-order valence-electron chi connectivity index (χ0n) is 18.5.